The van der Waals surface area contributed by atoms with Gasteiger partial charge in [-0.15, -0.1) is 4.91 Å². The third-order valence-electron chi connectivity index (χ3n) is 3.82. The molecule has 3 N–H and O–H groups in total. The molecule has 0 spiro atoms. The minimum absolute atomic E-state index is 0.0272. The van der Waals surface area contributed by atoms with Crippen molar-refractivity contribution in [3.05, 3.63) is 50.8 Å². The molecular formula is C16H9BrClN3O2. The average molecular weight is 391 g/mol. The van der Waals surface area contributed by atoms with Crippen molar-refractivity contribution >= 4 is 55.0 Å². The van der Waals surface area contributed by atoms with Crippen LogP contribution in [0.3, 0.4) is 0 Å². The van der Waals surface area contributed by atoms with Crippen molar-refractivity contribution in [2.24, 2.45) is 5.18 Å². The number of rotatable bonds is 2. The van der Waals surface area contributed by atoms with E-state index in [9.17, 15) is 10.0 Å². The molecule has 0 aliphatic rings. The summed E-state index contributed by atoms with van der Waals surface area (Å²) in [5.41, 5.74) is 2.67. The Kier molecular flexibility index (Phi) is 3.18. The van der Waals surface area contributed by atoms with Crippen LogP contribution in [0.1, 0.15) is 0 Å². The van der Waals surface area contributed by atoms with E-state index < -0.39 is 0 Å². The van der Waals surface area contributed by atoms with Gasteiger partial charge in [0.25, 0.3) is 0 Å². The predicted molar refractivity (Wildman–Crippen MR) is 95.4 cm³/mol. The zero-order valence-corrected chi connectivity index (χ0v) is 13.9. The molecule has 114 valence electrons. The van der Waals surface area contributed by atoms with Crippen molar-refractivity contribution in [3.8, 4) is 17.1 Å². The molecule has 0 fully saturated rings. The van der Waals surface area contributed by atoms with Gasteiger partial charge in [0.1, 0.15) is 5.69 Å². The monoisotopic (exact) mass is 389 g/mol. The maximum Gasteiger partial charge on any atom is 0.199 e. The zero-order chi connectivity index (χ0) is 16.1. The zero-order valence-electron chi connectivity index (χ0n) is 11.5. The second kappa shape index (κ2) is 5.11. The molecule has 23 heavy (non-hydrogen) atoms. The third-order valence-corrected chi connectivity index (χ3v) is 4.54. The first-order chi connectivity index (χ1) is 11.1. The van der Waals surface area contributed by atoms with E-state index in [4.69, 9.17) is 11.6 Å². The quantitative estimate of drug-likeness (QED) is 0.376. The largest absolute Gasteiger partial charge is 0.494 e. The Bertz CT molecular complexity index is 1080. The molecule has 0 aliphatic carbocycles. The van der Waals surface area contributed by atoms with Gasteiger partial charge in [-0.2, -0.15) is 0 Å². The summed E-state index contributed by atoms with van der Waals surface area (Å²) in [5, 5.41) is 15.4. The molecule has 0 aliphatic heterocycles. The minimum atomic E-state index is -0.0272. The van der Waals surface area contributed by atoms with Crippen molar-refractivity contribution in [3.63, 3.8) is 0 Å². The topological polar surface area (TPSA) is 81.2 Å². The molecule has 0 unspecified atom stereocenters. The highest BCUT2D eigenvalue weighted by Crippen LogP contribution is 2.44. The first-order valence-electron chi connectivity index (χ1n) is 6.73. The number of nitroso groups, excluding NO2 is 1. The molecular weight excluding hydrogens is 382 g/mol. The molecule has 0 atom stereocenters. The normalized spacial score (nSPS) is 11.4. The number of aromatic nitrogens is 2. The smallest absolute Gasteiger partial charge is 0.199 e. The lowest BCUT2D eigenvalue weighted by Gasteiger charge is -1.99. The second-order valence-corrected chi connectivity index (χ2v) is 6.52. The first kappa shape index (κ1) is 14.3. The van der Waals surface area contributed by atoms with Gasteiger partial charge in [-0.25, -0.2) is 0 Å². The lowest BCUT2D eigenvalue weighted by atomic mass is 10.1. The maximum absolute atomic E-state index is 11.4. The van der Waals surface area contributed by atoms with Crippen molar-refractivity contribution in [1.29, 1.82) is 0 Å². The summed E-state index contributed by atoms with van der Waals surface area (Å²) < 4.78 is 0.884. The molecule has 5 nitrogen and oxygen atoms in total. The van der Waals surface area contributed by atoms with Crippen LogP contribution in [0.2, 0.25) is 5.02 Å². The van der Waals surface area contributed by atoms with Crippen molar-refractivity contribution < 1.29 is 5.11 Å². The number of aromatic amines is 2. The number of benzene rings is 2. The van der Waals surface area contributed by atoms with E-state index in [1.165, 1.54) is 0 Å². The number of aromatic hydroxyl groups is 1. The number of nitrogens with one attached hydrogen (secondary N) is 2. The van der Waals surface area contributed by atoms with Crippen LogP contribution in [-0.2, 0) is 0 Å². The fourth-order valence-electron chi connectivity index (χ4n) is 2.83. The van der Waals surface area contributed by atoms with Crippen molar-refractivity contribution in [1.82, 2.24) is 9.97 Å². The number of halogens is 2. The molecule has 0 amide bonds. The number of hydrogen-bond donors (Lipinski definition) is 3. The minimum Gasteiger partial charge on any atom is -0.494 e. The van der Waals surface area contributed by atoms with E-state index in [0.29, 0.717) is 21.7 Å². The molecule has 4 aromatic rings. The lowest BCUT2D eigenvalue weighted by molar-refractivity contribution is 0.460. The highest BCUT2D eigenvalue weighted by molar-refractivity contribution is 9.10. The van der Waals surface area contributed by atoms with E-state index in [2.05, 4.69) is 31.1 Å². The van der Waals surface area contributed by atoms with Gasteiger partial charge < -0.3 is 15.1 Å². The van der Waals surface area contributed by atoms with Crippen molar-refractivity contribution in [2.75, 3.05) is 0 Å². The standard InChI is InChI=1S/C16H9BrClN3O2/c17-7-1-3-9-12(5-7)20-16(22)13(9)15-14(21-23)10-6-8(18)2-4-11(10)19-15/h1-6,19-20,22H. The molecule has 2 aromatic carbocycles. The van der Waals surface area contributed by atoms with Gasteiger partial charge in [-0.05, 0) is 35.5 Å². The van der Waals surface area contributed by atoms with Crippen LogP contribution in [0.25, 0.3) is 33.1 Å². The number of hydrogen-bond acceptors (Lipinski definition) is 3. The van der Waals surface area contributed by atoms with E-state index in [-0.39, 0.29) is 11.6 Å². The summed E-state index contributed by atoms with van der Waals surface area (Å²) in [4.78, 5) is 17.5. The van der Waals surface area contributed by atoms with Gasteiger partial charge in [0.05, 0.1) is 16.8 Å². The highest BCUT2D eigenvalue weighted by atomic mass is 79.9. The van der Waals surface area contributed by atoms with Gasteiger partial charge in [-0.1, -0.05) is 33.6 Å². The van der Waals surface area contributed by atoms with Crippen LogP contribution >= 0.6 is 27.5 Å². The van der Waals surface area contributed by atoms with E-state index in [1.54, 1.807) is 18.2 Å². The maximum atomic E-state index is 11.4. The second-order valence-electron chi connectivity index (χ2n) is 5.17. The Labute approximate surface area is 143 Å². The summed E-state index contributed by atoms with van der Waals surface area (Å²) in [5.74, 6) is -0.0272. The SMILES string of the molecule is O=Nc1c(-c2c(O)[nH]c3cc(Br)ccc23)[nH]c2ccc(Cl)cc12. The predicted octanol–water partition coefficient (Wildman–Crippen LogP) is 5.84. The van der Waals surface area contributed by atoms with Gasteiger partial charge in [-0.3, -0.25) is 0 Å². The van der Waals surface area contributed by atoms with E-state index in [1.807, 2.05) is 18.2 Å². The van der Waals surface area contributed by atoms with Crippen LogP contribution in [-0.4, -0.2) is 15.1 Å². The Morgan fingerprint density at radius 1 is 1.04 bits per heavy atom. The van der Waals surface area contributed by atoms with E-state index >= 15 is 0 Å². The molecule has 0 radical (unpaired) electrons. The first-order valence-corrected chi connectivity index (χ1v) is 7.90. The third kappa shape index (κ3) is 2.14. The summed E-state index contributed by atoms with van der Waals surface area (Å²) >= 11 is 9.40. The molecule has 2 heterocycles. The lowest BCUT2D eigenvalue weighted by Crippen LogP contribution is -1.77. The Morgan fingerprint density at radius 2 is 1.87 bits per heavy atom. The van der Waals surface area contributed by atoms with Gasteiger partial charge in [0.2, 0.25) is 0 Å². The van der Waals surface area contributed by atoms with Gasteiger partial charge >= 0.3 is 0 Å². The molecule has 0 bridgehead atoms. The Morgan fingerprint density at radius 3 is 2.65 bits per heavy atom. The highest BCUT2D eigenvalue weighted by Gasteiger charge is 2.21. The molecule has 0 saturated heterocycles. The number of nitrogens with zero attached hydrogens (tertiary/aromatic N) is 1. The summed E-state index contributed by atoms with van der Waals surface area (Å²) in [6.45, 7) is 0. The number of H-pyrrole nitrogens is 2. The van der Waals surface area contributed by atoms with Crippen LogP contribution in [0, 0.1) is 4.91 Å². The van der Waals surface area contributed by atoms with Crippen molar-refractivity contribution in [2.45, 2.75) is 0 Å². The van der Waals surface area contributed by atoms with Crippen LogP contribution in [0.4, 0.5) is 5.69 Å². The summed E-state index contributed by atoms with van der Waals surface area (Å²) in [7, 11) is 0. The van der Waals surface area contributed by atoms with Crippen LogP contribution in [0.5, 0.6) is 5.88 Å². The Hall–Kier alpha value is -2.31. The summed E-state index contributed by atoms with van der Waals surface area (Å²) in [6.07, 6.45) is 0. The molecule has 2 aromatic heterocycles. The van der Waals surface area contributed by atoms with Gasteiger partial charge in [0.15, 0.2) is 5.88 Å². The van der Waals surface area contributed by atoms with Crippen LogP contribution < -0.4 is 0 Å². The Balaban J connectivity index is 2.10. The van der Waals surface area contributed by atoms with Gasteiger partial charge in [0, 0.05) is 25.8 Å². The fourth-order valence-corrected chi connectivity index (χ4v) is 3.37. The molecule has 0 saturated carbocycles. The average Bonchev–Trinajstić information content (AvgIpc) is 3.02. The molecule has 4 rings (SSSR count). The fraction of sp³-hybridized carbons (Fsp3) is 0. The molecule has 7 heteroatoms. The van der Waals surface area contributed by atoms with Crippen LogP contribution in [0.15, 0.2) is 46.0 Å². The van der Waals surface area contributed by atoms with E-state index in [0.717, 1.165) is 20.9 Å². The number of fused-ring (bicyclic) bond motifs is 2. The summed E-state index contributed by atoms with van der Waals surface area (Å²) in [6, 6.07) is 10.8.